The van der Waals surface area contributed by atoms with E-state index in [-0.39, 0.29) is 16.8 Å². The minimum absolute atomic E-state index is 0. The minimum Gasteiger partial charge on any atom is 0 e. The summed E-state index contributed by atoms with van der Waals surface area (Å²) >= 11 is 0. The average Bonchev–Trinajstić information content (AvgIpc) is 0.811. The third kappa shape index (κ3) is 25.0. The van der Waals surface area contributed by atoms with Crippen molar-refractivity contribution in [3.05, 3.63) is 0 Å². The summed E-state index contributed by atoms with van der Waals surface area (Å²) in [5, 5.41) is 0. The Morgan fingerprint density at radius 1 is 1.00 bits per heavy atom. The predicted octanol–water partition coefficient (Wildman–Crippen LogP) is 2.06. The molecule has 0 aliphatic heterocycles. The number of hydrogen-bond acceptors (Lipinski definition) is 0. The van der Waals surface area contributed by atoms with Gasteiger partial charge in [-0.3, -0.25) is 0 Å². The third-order valence-corrected chi connectivity index (χ3v) is 0. The second kappa shape index (κ2) is 5.88. The van der Waals surface area contributed by atoms with Gasteiger partial charge in [0.1, 0.15) is 0 Å². The molecule has 0 saturated carbocycles. The number of hydrogen-bond donors (Lipinski definition) is 0. The van der Waals surface area contributed by atoms with Gasteiger partial charge in [0, 0.05) is 16.8 Å². The molecule has 39 valence electrons. The Bertz CT molecular complexity index is 9.61. The zero-order valence-corrected chi connectivity index (χ0v) is 6.15. The van der Waals surface area contributed by atoms with Crippen molar-refractivity contribution in [2.45, 2.75) is 0 Å². The first-order valence-corrected chi connectivity index (χ1v) is 4.68. The maximum Gasteiger partial charge on any atom is 0 e. The molecule has 0 N–H and O–H groups in total. The van der Waals surface area contributed by atoms with Gasteiger partial charge >= 0.3 is 41.4 Å². The van der Waals surface area contributed by atoms with Gasteiger partial charge in [0.2, 0.25) is 0 Å². The summed E-state index contributed by atoms with van der Waals surface area (Å²) in [5.74, 6) is 0. The predicted molar refractivity (Wildman–Crippen MR) is 17.6 cm³/mol. The summed E-state index contributed by atoms with van der Waals surface area (Å²) in [6, 6.07) is 0. The molecule has 5 heavy (non-hydrogen) atoms. The van der Waals surface area contributed by atoms with Crippen LogP contribution in [0.25, 0.3) is 0 Å². The van der Waals surface area contributed by atoms with Crippen LogP contribution in [0.1, 0.15) is 0 Å². The largest absolute Gasteiger partial charge is 0 e. The maximum absolute atomic E-state index is 4.87. The molecule has 0 saturated heterocycles. The molecule has 0 bridgehead atoms. The van der Waals surface area contributed by atoms with Crippen molar-refractivity contribution >= 4 is 30.4 Å². The van der Waals surface area contributed by atoms with Gasteiger partial charge in [0.15, 0.2) is 0 Å². The fourth-order valence-corrected chi connectivity index (χ4v) is 0. The van der Waals surface area contributed by atoms with Crippen LogP contribution >= 0.6 is 30.4 Å². The first-order chi connectivity index (χ1) is 1.73. The van der Waals surface area contributed by atoms with Crippen molar-refractivity contribution in [2.75, 3.05) is 0 Å². The zero-order chi connectivity index (χ0) is 3.58. The molecule has 0 spiro atoms. The summed E-state index contributed by atoms with van der Waals surface area (Å²) in [6.07, 6.45) is 0. The van der Waals surface area contributed by atoms with Gasteiger partial charge in [-0.05, 0) is 0 Å². The van der Waals surface area contributed by atoms with E-state index in [0.29, 0.717) is 0 Å². The Balaban J connectivity index is 0. The average molecular weight is 224 g/mol. The van der Waals surface area contributed by atoms with Gasteiger partial charge in [-0.15, -0.1) is 0 Å². The van der Waals surface area contributed by atoms with Crippen LogP contribution in [-0.4, -0.2) is 0 Å². The standard InChI is InChI=1S/3ClH.2Co/h3*1H;;/q;;;;+3/p-3. The van der Waals surface area contributed by atoms with Crippen LogP contribution in [-0.2, 0) is 27.7 Å². The molecular weight excluding hydrogens is 224 g/mol. The van der Waals surface area contributed by atoms with Gasteiger partial charge in [-0.1, -0.05) is 0 Å². The van der Waals surface area contributed by atoms with Crippen LogP contribution in [0.4, 0.5) is 0 Å². The van der Waals surface area contributed by atoms with Gasteiger partial charge < -0.3 is 0 Å². The summed E-state index contributed by atoms with van der Waals surface area (Å²) in [4.78, 5) is 0. The second-order valence-corrected chi connectivity index (χ2v) is 5.30. The van der Waals surface area contributed by atoms with Crippen molar-refractivity contribution < 1.29 is 27.7 Å². The maximum atomic E-state index is 4.87. The van der Waals surface area contributed by atoms with Crippen LogP contribution < -0.4 is 0 Å². The van der Waals surface area contributed by atoms with Crippen LogP contribution in [0.3, 0.4) is 0 Å². The van der Waals surface area contributed by atoms with Gasteiger partial charge in [-0.25, -0.2) is 0 Å². The zero-order valence-electron chi connectivity index (χ0n) is 1.80. The van der Waals surface area contributed by atoms with Crippen LogP contribution in [0.2, 0.25) is 0 Å². The van der Waals surface area contributed by atoms with Crippen LogP contribution in [0.15, 0.2) is 0 Å². The molecule has 0 aliphatic carbocycles. The van der Waals surface area contributed by atoms with Crippen LogP contribution in [0, 0.1) is 0 Å². The Morgan fingerprint density at radius 3 is 1.00 bits per heavy atom. The van der Waals surface area contributed by atoms with E-state index in [9.17, 15) is 0 Å². The molecule has 0 aromatic carbocycles. The van der Waals surface area contributed by atoms with E-state index in [2.05, 4.69) is 0 Å². The quantitative estimate of drug-likeness (QED) is 0.591. The Morgan fingerprint density at radius 2 is 1.00 bits per heavy atom. The first-order valence-electron chi connectivity index (χ1n) is 0.378. The van der Waals surface area contributed by atoms with Gasteiger partial charge in [0.25, 0.3) is 0 Å². The van der Waals surface area contributed by atoms with Gasteiger partial charge in [-0.2, -0.15) is 0 Å². The number of halogens is 3. The molecule has 5 heteroatoms. The Hall–Kier alpha value is 1.88. The summed E-state index contributed by atoms with van der Waals surface area (Å²) in [5.41, 5.74) is 0. The fraction of sp³-hybridized carbons (Fsp3) is 0. The van der Waals surface area contributed by atoms with E-state index < -0.39 is 10.9 Å². The molecule has 0 amide bonds. The molecule has 0 rings (SSSR count). The monoisotopic (exact) mass is 223 g/mol. The van der Waals surface area contributed by atoms with E-state index in [1.54, 1.807) is 0 Å². The molecule has 0 aromatic heterocycles. The van der Waals surface area contributed by atoms with E-state index in [1.165, 1.54) is 0 Å². The molecule has 1 radical (unpaired) electrons. The normalized spacial score (nSPS) is 9.00. The Kier molecular flexibility index (Phi) is 11.8. The van der Waals surface area contributed by atoms with E-state index in [0.717, 1.165) is 0 Å². The second-order valence-electron chi connectivity index (χ2n) is 0.143. The molecular formula is Cl3Co2. The molecule has 0 nitrogen and oxygen atoms in total. The first kappa shape index (κ1) is 9.99. The summed E-state index contributed by atoms with van der Waals surface area (Å²) in [6.45, 7) is 0. The van der Waals surface area contributed by atoms with Crippen LogP contribution in [0.5, 0.6) is 0 Å². The van der Waals surface area contributed by atoms with Crippen molar-refractivity contribution in [1.29, 1.82) is 0 Å². The van der Waals surface area contributed by atoms with Crippen molar-refractivity contribution in [3.63, 3.8) is 0 Å². The molecule has 0 fully saturated rings. The van der Waals surface area contributed by atoms with Crippen molar-refractivity contribution in [2.24, 2.45) is 0 Å². The third-order valence-electron chi connectivity index (χ3n) is 0. The van der Waals surface area contributed by atoms with Crippen molar-refractivity contribution in [3.8, 4) is 0 Å². The van der Waals surface area contributed by atoms with Gasteiger partial charge in [0.05, 0.1) is 0 Å². The molecule has 0 unspecified atom stereocenters. The number of rotatable bonds is 0. The van der Waals surface area contributed by atoms with E-state index in [1.807, 2.05) is 0 Å². The van der Waals surface area contributed by atoms with Crippen molar-refractivity contribution in [1.82, 2.24) is 0 Å². The summed E-state index contributed by atoms with van der Waals surface area (Å²) < 4.78 is 0. The fourth-order valence-electron chi connectivity index (χ4n) is 0. The minimum atomic E-state index is -1.19. The molecule has 0 atom stereocenters. The molecule has 0 heterocycles. The van der Waals surface area contributed by atoms with E-state index in [4.69, 9.17) is 30.4 Å². The topological polar surface area (TPSA) is 0 Å². The smallest absolute Gasteiger partial charge is 0 e. The molecule has 0 aromatic rings. The SMILES string of the molecule is [Cl][Co]([Cl])[Cl].[Co]. The molecule has 0 aliphatic rings. The Labute approximate surface area is 57.9 Å². The van der Waals surface area contributed by atoms with E-state index >= 15 is 0 Å². The summed E-state index contributed by atoms with van der Waals surface area (Å²) in [7, 11) is 13.4.